The van der Waals surface area contributed by atoms with Gasteiger partial charge in [0, 0.05) is 6.54 Å². The first-order valence-electron chi connectivity index (χ1n) is 8.62. The van der Waals surface area contributed by atoms with Crippen molar-refractivity contribution in [1.29, 1.82) is 0 Å². The fraction of sp³-hybridized carbons (Fsp3) is 0.318. The lowest BCUT2D eigenvalue weighted by molar-refractivity contribution is -0.109. The molecule has 0 fully saturated rings. The van der Waals surface area contributed by atoms with Gasteiger partial charge in [-0.25, -0.2) is 0 Å². The fourth-order valence-electron chi connectivity index (χ4n) is 2.89. The number of hydrogen-bond acceptors (Lipinski definition) is 2. The van der Waals surface area contributed by atoms with Crippen LogP contribution in [0.1, 0.15) is 37.3 Å². The Labute approximate surface area is 145 Å². The van der Waals surface area contributed by atoms with Crippen LogP contribution in [0, 0.1) is 0 Å². The Hall–Kier alpha value is -2.19. The second kappa shape index (κ2) is 9.84. The zero-order valence-electron chi connectivity index (χ0n) is 14.6. The molecule has 0 heterocycles. The molecule has 0 aliphatic rings. The van der Waals surface area contributed by atoms with Gasteiger partial charge in [-0.3, -0.25) is 0 Å². The molecule has 0 spiro atoms. The molecule has 2 atom stereocenters. The molecule has 0 aliphatic heterocycles. The van der Waals surface area contributed by atoms with Crippen molar-refractivity contribution >= 4 is 6.29 Å². The largest absolute Gasteiger partial charge is 0.304 e. The Kier molecular flexibility index (Phi) is 7.44. The molecule has 24 heavy (non-hydrogen) atoms. The highest BCUT2D eigenvalue weighted by atomic mass is 16.1. The quantitative estimate of drug-likeness (QED) is 0.543. The van der Waals surface area contributed by atoms with Crippen LogP contribution in [0.15, 0.2) is 72.3 Å². The highest BCUT2D eigenvalue weighted by Gasteiger charge is 2.08. The topological polar surface area (TPSA) is 29.1 Å². The molecule has 0 aliphatic carbocycles. The molecule has 2 aromatic carbocycles. The molecule has 126 valence electrons. The van der Waals surface area contributed by atoms with Crippen LogP contribution in [0.25, 0.3) is 0 Å². The van der Waals surface area contributed by atoms with E-state index in [-0.39, 0.29) is 6.04 Å². The Morgan fingerprint density at radius 3 is 2.29 bits per heavy atom. The summed E-state index contributed by atoms with van der Waals surface area (Å²) in [5, 5.41) is 3.32. The van der Waals surface area contributed by atoms with E-state index in [0.717, 1.165) is 25.7 Å². The Morgan fingerprint density at radius 2 is 1.67 bits per heavy atom. The summed E-state index contributed by atoms with van der Waals surface area (Å²) >= 11 is 0. The first-order valence-corrected chi connectivity index (χ1v) is 8.62. The third-order valence-electron chi connectivity index (χ3n) is 4.29. The van der Waals surface area contributed by atoms with E-state index in [4.69, 9.17) is 0 Å². The number of nitrogens with one attached hydrogen (secondary N) is 1. The number of aldehydes is 1. The molecule has 0 aromatic heterocycles. The van der Waals surface area contributed by atoms with E-state index >= 15 is 0 Å². The molecule has 0 amide bonds. The lowest BCUT2D eigenvalue weighted by Crippen LogP contribution is -2.32. The maximum absolute atomic E-state index is 11.3. The molecule has 2 aromatic rings. The van der Waals surface area contributed by atoms with Crippen molar-refractivity contribution in [1.82, 2.24) is 5.32 Å². The van der Waals surface area contributed by atoms with Gasteiger partial charge in [-0.05, 0) is 36.8 Å². The molecule has 2 nitrogen and oxygen atoms in total. The lowest BCUT2D eigenvalue weighted by atomic mass is 9.94. The van der Waals surface area contributed by atoms with E-state index in [9.17, 15) is 4.79 Å². The Morgan fingerprint density at radius 1 is 1.04 bits per heavy atom. The summed E-state index contributed by atoms with van der Waals surface area (Å²) < 4.78 is 0. The van der Waals surface area contributed by atoms with Crippen LogP contribution >= 0.6 is 0 Å². The molecule has 0 bridgehead atoms. The zero-order valence-corrected chi connectivity index (χ0v) is 14.6. The van der Waals surface area contributed by atoms with Crippen LogP contribution in [-0.2, 0) is 11.2 Å². The highest BCUT2D eigenvalue weighted by Crippen LogP contribution is 2.22. The standard InChI is InChI=1S/C22H27NO/c1-18(15-19(2)21-11-7-4-8-12-21)13-14-23-22(17-24)16-20-9-5-3-6-10-20/h3-13,17,19,22-23H,14-16H2,1-2H3/b18-13+/t19?,22-/m0/s1. The summed E-state index contributed by atoms with van der Waals surface area (Å²) in [4.78, 5) is 11.3. The Bertz CT molecular complexity index is 634. The van der Waals surface area contributed by atoms with E-state index in [0.29, 0.717) is 5.92 Å². The predicted octanol–water partition coefficient (Wildman–Crippen LogP) is 4.53. The number of hydrogen-bond donors (Lipinski definition) is 1. The molecule has 2 heteroatoms. The van der Waals surface area contributed by atoms with Gasteiger partial charge in [0.15, 0.2) is 0 Å². The normalized spacial score (nSPS) is 14.2. The van der Waals surface area contributed by atoms with Gasteiger partial charge < -0.3 is 10.1 Å². The number of rotatable bonds is 9. The number of allylic oxidation sites excluding steroid dienone is 1. The summed E-state index contributed by atoms with van der Waals surface area (Å²) in [5.41, 5.74) is 3.90. The molecular weight excluding hydrogens is 294 g/mol. The SMILES string of the molecule is C/C(=C\CN[C@H](C=O)Cc1ccccc1)CC(C)c1ccccc1. The molecule has 0 radical (unpaired) electrons. The van der Waals surface area contributed by atoms with Crippen molar-refractivity contribution < 1.29 is 4.79 Å². The van der Waals surface area contributed by atoms with E-state index in [2.05, 4.69) is 67.7 Å². The number of carbonyl (C=O) groups is 1. The molecule has 0 saturated carbocycles. The highest BCUT2D eigenvalue weighted by molar-refractivity contribution is 5.58. The van der Waals surface area contributed by atoms with Gasteiger partial charge in [-0.15, -0.1) is 0 Å². The van der Waals surface area contributed by atoms with Gasteiger partial charge in [-0.1, -0.05) is 79.2 Å². The van der Waals surface area contributed by atoms with Crippen LogP contribution in [0.3, 0.4) is 0 Å². The van der Waals surface area contributed by atoms with Gasteiger partial charge in [0.2, 0.25) is 0 Å². The number of carbonyl (C=O) groups excluding carboxylic acids is 1. The van der Waals surface area contributed by atoms with Crippen molar-refractivity contribution in [2.45, 2.75) is 38.6 Å². The zero-order chi connectivity index (χ0) is 17.2. The van der Waals surface area contributed by atoms with E-state index in [1.165, 1.54) is 16.7 Å². The van der Waals surface area contributed by atoms with Crippen LogP contribution in [0.4, 0.5) is 0 Å². The van der Waals surface area contributed by atoms with Gasteiger partial charge in [-0.2, -0.15) is 0 Å². The van der Waals surface area contributed by atoms with Crippen LogP contribution in [0.5, 0.6) is 0 Å². The van der Waals surface area contributed by atoms with Crippen molar-refractivity contribution in [3.05, 3.63) is 83.4 Å². The number of benzene rings is 2. The average molecular weight is 321 g/mol. The first-order chi connectivity index (χ1) is 11.7. The summed E-state index contributed by atoms with van der Waals surface area (Å²) in [6.07, 6.45) is 4.97. The molecule has 1 N–H and O–H groups in total. The third kappa shape index (κ3) is 6.13. The van der Waals surface area contributed by atoms with Crippen molar-refractivity contribution in [3.63, 3.8) is 0 Å². The second-order valence-corrected chi connectivity index (χ2v) is 6.41. The molecule has 1 unspecified atom stereocenters. The van der Waals surface area contributed by atoms with E-state index in [1.54, 1.807) is 0 Å². The van der Waals surface area contributed by atoms with Crippen molar-refractivity contribution in [3.8, 4) is 0 Å². The summed E-state index contributed by atoms with van der Waals surface area (Å²) in [6, 6.07) is 20.6. The van der Waals surface area contributed by atoms with Gasteiger partial charge >= 0.3 is 0 Å². The lowest BCUT2D eigenvalue weighted by Gasteiger charge is -2.14. The average Bonchev–Trinajstić information content (AvgIpc) is 2.62. The van der Waals surface area contributed by atoms with E-state index in [1.807, 2.05) is 18.2 Å². The summed E-state index contributed by atoms with van der Waals surface area (Å²) in [5.74, 6) is 0.508. The minimum Gasteiger partial charge on any atom is -0.304 e. The van der Waals surface area contributed by atoms with Crippen LogP contribution in [-0.4, -0.2) is 18.9 Å². The summed E-state index contributed by atoms with van der Waals surface area (Å²) in [7, 11) is 0. The van der Waals surface area contributed by atoms with Crippen LogP contribution < -0.4 is 5.32 Å². The van der Waals surface area contributed by atoms with Crippen LogP contribution in [0.2, 0.25) is 0 Å². The second-order valence-electron chi connectivity index (χ2n) is 6.41. The summed E-state index contributed by atoms with van der Waals surface area (Å²) in [6.45, 7) is 5.14. The van der Waals surface area contributed by atoms with Crippen molar-refractivity contribution in [2.24, 2.45) is 0 Å². The minimum absolute atomic E-state index is 0.136. The van der Waals surface area contributed by atoms with Gasteiger partial charge in [0.1, 0.15) is 6.29 Å². The van der Waals surface area contributed by atoms with Gasteiger partial charge in [0.25, 0.3) is 0 Å². The predicted molar refractivity (Wildman–Crippen MR) is 101 cm³/mol. The van der Waals surface area contributed by atoms with Crippen molar-refractivity contribution in [2.75, 3.05) is 6.54 Å². The monoisotopic (exact) mass is 321 g/mol. The minimum atomic E-state index is -0.136. The maximum atomic E-state index is 11.3. The molecule has 0 saturated heterocycles. The smallest absolute Gasteiger partial charge is 0.137 e. The molecular formula is C22H27NO. The molecule has 2 rings (SSSR count). The van der Waals surface area contributed by atoms with E-state index < -0.39 is 0 Å². The Balaban J connectivity index is 1.80. The maximum Gasteiger partial charge on any atom is 0.137 e. The first kappa shape index (κ1) is 18.2. The fourth-order valence-corrected chi connectivity index (χ4v) is 2.89. The third-order valence-corrected chi connectivity index (χ3v) is 4.29. The van der Waals surface area contributed by atoms with Gasteiger partial charge in [0.05, 0.1) is 6.04 Å².